The minimum Gasteiger partial charge on any atom is -0.468 e. The Morgan fingerprint density at radius 3 is 2.47 bits per heavy atom. The van der Waals surface area contributed by atoms with Crippen molar-refractivity contribution < 1.29 is 14.3 Å². The number of esters is 1. The number of methoxy groups -OCH3 is 1. The zero-order valence-corrected chi connectivity index (χ0v) is 11.3. The van der Waals surface area contributed by atoms with E-state index in [0.717, 1.165) is 6.42 Å². The lowest BCUT2D eigenvalue weighted by Gasteiger charge is -2.21. The molecule has 0 aromatic rings. The smallest absolute Gasteiger partial charge is 0.325 e. The van der Waals surface area contributed by atoms with Gasteiger partial charge < -0.3 is 15.0 Å². The third kappa shape index (κ3) is 7.74. The molecule has 0 atom stereocenters. The normalized spacial score (nSPS) is 10.4. The summed E-state index contributed by atoms with van der Waals surface area (Å²) >= 11 is 0. The number of carbonyl (C=O) groups is 2. The molecule has 1 N–H and O–H groups in total. The van der Waals surface area contributed by atoms with Crippen LogP contribution in [0.3, 0.4) is 0 Å². The van der Waals surface area contributed by atoms with Gasteiger partial charge in [0.15, 0.2) is 0 Å². The number of nitrogens with one attached hydrogen (secondary N) is 1. The molecule has 17 heavy (non-hydrogen) atoms. The van der Waals surface area contributed by atoms with Gasteiger partial charge >= 0.3 is 5.97 Å². The molecule has 0 aliphatic heterocycles. The van der Waals surface area contributed by atoms with Gasteiger partial charge in [-0.15, -0.1) is 0 Å². The van der Waals surface area contributed by atoms with E-state index in [2.05, 4.69) is 10.1 Å². The van der Waals surface area contributed by atoms with Crippen LogP contribution in [0.5, 0.6) is 0 Å². The van der Waals surface area contributed by atoms with Crippen LogP contribution in [0.1, 0.15) is 33.6 Å². The zero-order chi connectivity index (χ0) is 13.3. The van der Waals surface area contributed by atoms with Crippen LogP contribution < -0.4 is 5.32 Å². The van der Waals surface area contributed by atoms with Gasteiger partial charge in [-0.3, -0.25) is 9.59 Å². The van der Waals surface area contributed by atoms with E-state index in [1.807, 2.05) is 20.8 Å². The summed E-state index contributed by atoms with van der Waals surface area (Å²) in [5.74, 6) is -0.381. The molecule has 1 amide bonds. The number of rotatable bonds is 8. The van der Waals surface area contributed by atoms with Crippen molar-refractivity contribution in [1.29, 1.82) is 0 Å². The first-order valence-electron chi connectivity index (χ1n) is 6.09. The second-order valence-corrected chi connectivity index (χ2v) is 4.25. The quantitative estimate of drug-likeness (QED) is 0.641. The molecular formula is C12H24N2O3. The molecule has 0 saturated carbocycles. The average Bonchev–Trinajstić information content (AvgIpc) is 2.27. The molecule has 0 aromatic heterocycles. The van der Waals surface area contributed by atoms with Crippen molar-refractivity contribution in [2.75, 3.05) is 26.7 Å². The van der Waals surface area contributed by atoms with Gasteiger partial charge in [0.1, 0.15) is 6.54 Å². The number of nitrogens with zero attached hydrogens (tertiary/aromatic N) is 1. The first kappa shape index (κ1) is 15.9. The standard InChI is InChI=1S/C12H24N2O3/c1-5-8-14(9-12(16)17-4)11(15)6-7-13-10(2)3/h10,13H,5-9H2,1-4H3. The zero-order valence-electron chi connectivity index (χ0n) is 11.3. The number of hydrogen-bond donors (Lipinski definition) is 1. The Bertz CT molecular complexity index is 242. The molecule has 0 radical (unpaired) electrons. The van der Waals surface area contributed by atoms with Gasteiger partial charge in [0, 0.05) is 25.6 Å². The van der Waals surface area contributed by atoms with Crippen LogP contribution in [-0.2, 0) is 14.3 Å². The van der Waals surface area contributed by atoms with Crippen LogP contribution in [0.15, 0.2) is 0 Å². The van der Waals surface area contributed by atoms with E-state index in [0.29, 0.717) is 25.6 Å². The SMILES string of the molecule is CCCN(CC(=O)OC)C(=O)CCNC(C)C. The summed E-state index contributed by atoms with van der Waals surface area (Å²) in [6.45, 7) is 7.31. The van der Waals surface area contributed by atoms with Crippen molar-refractivity contribution in [2.24, 2.45) is 0 Å². The van der Waals surface area contributed by atoms with Crippen LogP contribution >= 0.6 is 0 Å². The van der Waals surface area contributed by atoms with Crippen molar-refractivity contribution in [3.8, 4) is 0 Å². The van der Waals surface area contributed by atoms with Gasteiger partial charge in [0.05, 0.1) is 7.11 Å². The molecule has 0 aromatic carbocycles. The van der Waals surface area contributed by atoms with Crippen molar-refractivity contribution in [3.63, 3.8) is 0 Å². The van der Waals surface area contributed by atoms with E-state index in [1.54, 1.807) is 4.90 Å². The summed E-state index contributed by atoms with van der Waals surface area (Å²) in [5, 5.41) is 3.18. The molecule has 0 fully saturated rings. The predicted octanol–water partition coefficient (Wildman–Crippen LogP) is 0.786. The second-order valence-electron chi connectivity index (χ2n) is 4.25. The molecule has 0 spiro atoms. The highest BCUT2D eigenvalue weighted by atomic mass is 16.5. The fourth-order valence-electron chi connectivity index (χ4n) is 1.41. The summed E-state index contributed by atoms with van der Waals surface area (Å²) in [5.41, 5.74) is 0. The van der Waals surface area contributed by atoms with Gasteiger partial charge in [-0.05, 0) is 6.42 Å². The maximum absolute atomic E-state index is 11.8. The molecule has 100 valence electrons. The molecule has 5 heteroatoms. The summed E-state index contributed by atoms with van der Waals surface area (Å²) in [6, 6.07) is 0.364. The highest BCUT2D eigenvalue weighted by Crippen LogP contribution is 1.97. The third-order valence-electron chi connectivity index (χ3n) is 2.29. The fraction of sp³-hybridized carbons (Fsp3) is 0.833. The van der Waals surface area contributed by atoms with Gasteiger partial charge in [0.25, 0.3) is 0 Å². The van der Waals surface area contributed by atoms with E-state index in [-0.39, 0.29) is 18.4 Å². The van der Waals surface area contributed by atoms with E-state index in [1.165, 1.54) is 7.11 Å². The lowest BCUT2D eigenvalue weighted by Crippen LogP contribution is -2.38. The minimum absolute atomic E-state index is 0.00889. The third-order valence-corrected chi connectivity index (χ3v) is 2.29. The van der Waals surface area contributed by atoms with E-state index < -0.39 is 0 Å². The van der Waals surface area contributed by atoms with Crippen molar-refractivity contribution >= 4 is 11.9 Å². The Labute approximate surface area is 103 Å². The van der Waals surface area contributed by atoms with Crippen LogP contribution in [-0.4, -0.2) is 49.6 Å². The topological polar surface area (TPSA) is 58.6 Å². The lowest BCUT2D eigenvalue weighted by molar-refractivity contribution is -0.147. The molecule has 0 bridgehead atoms. The van der Waals surface area contributed by atoms with Gasteiger partial charge in [0.2, 0.25) is 5.91 Å². The molecule has 0 heterocycles. The molecule has 0 rings (SSSR count). The number of carbonyl (C=O) groups excluding carboxylic acids is 2. The number of hydrogen-bond acceptors (Lipinski definition) is 4. The lowest BCUT2D eigenvalue weighted by atomic mass is 10.3. The molecule has 0 aliphatic carbocycles. The Morgan fingerprint density at radius 1 is 1.35 bits per heavy atom. The van der Waals surface area contributed by atoms with Crippen LogP contribution in [0, 0.1) is 0 Å². The maximum atomic E-state index is 11.8. The average molecular weight is 244 g/mol. The van der Waals surface area contributed by atoms with Crippen molar-refractivity contribution in [3.05, 3.63) is 0 Å². The Kier molecular flexibility index (Phi) is 8.40. The molecule has 0 aliphatic rings. The van der Waals surface area contributed by atoms with Gasteiger partial charge in [-0.2, -0.15) is 0 Å². The molecule has 0 unspecified atom stereocenters. The monoisotopic (exact) mass is 244 g/mol. The summed E-state index contributed by atoms with van der Waals surface area (Å²) < 4.78 is 4.57. The minimum atomic E-state index is -0.372. The predicted molar refractivity (Wildman–Crippen MR) is 66.6 cm³/mol. The van der Waals surface area contributed by atoms with Crippen molar-refractivity contribution in [2.45, 2.75) is 39.7 Å². The van der Waals surface area contributed by atoms with E-state index in [9.17, 15) is 9.59 Å². The van der Waals surface area contributed by atoms with Crippen LogP contribution in [0.4, 0.5) is 0 Å². The van der Waals surface area contributed by atoms with Gasteiger partial charge in [-0.1, -0.05) is 20.8 Å². The highest BCUT2D eigenvalue weighted by molar-refractivity contribution is 5.82. The van der Waals surface area contributed by atoms with E-state index >= 15 is 0 Å². The molecule has 0 saturated heterocycles. The number of ether oxygens (including phenoxy) is 1. The van der Waals surface area contributed by atoms with Gasteiger partial charge in [-0.25, -0.2) is 0 Å². The first-order valence-corrected chi connectivity index (χ1v) is 6.09. The van der Waals surface area contributed by atoms with Crippen molar-refractivity contribution in [1.82, 2.24) is 10.2 Å². The van der Waals surface area contributed by atoms with Crippen LogP contribution in [0.2, 0.25) is 0 Å². The largest absolute Gasteiger partial charge is 0.468 e. The Morgan fingerprint density at radius 2 is 2.00 bits per heavy atom. The van der Waals surface area contributed by atoms with E-state index in [4.69, 9.17) is 0 Å². The fourth-order valence-corrected chi connectivity index (χ4v) is 1.41. The molecular weight excluding hydrogens is 220 g/mol. The number of amides is 1. The summed E-state index contributed by atoms with van der Waals surface area (Å²) in [6.07, 6.45) is 1.25. The second kappa shape index (κ2) is 8.98. The Hall–Kier alpha value is -1.10. The Balaban J connectivity index is 4.10. The highest BCUT2D eigenvalue weighted by Gasteiger charge is 2.16. The summed E-state index contributed by atoms with van der Waals surface area (Å²) in [4.78, 5) is 24.5. The molecule has 5 nitrogen and oxygen atoms in total. The van der Waals surface area contributed by atoms with Crippen LogP contribution in [0.25, 0.3) is 0 Å². The first-order chi connectivity index (χ1) is 8.01. The maximum Gasteiger partial charge on any atom is 0.325 e. The summed E-state index contributed by atoms with van der Waals surface area (Å²) in [7, 11) is 1.33.